The Kier molecular flexibility index (Phi) is 9.40. The summed E-state index contributed by atoms with van der Waals surface area (Å²) in [6.07, 6.45) is 9.38. The van der Waals surface area contributed by atoms with Gasteiger partial charge in [0.1, 0.15) is 17.2 Å². The van der Waals surface area contributed by atoms with Crippen molar-refractivity contribution < 1.29 is 23.5 Å². The molecule has 5 heterocycles. The van der Waals surface area contributed by atoms with Crippen molar-refractivity contribution in [3.8, 4) is 22.6 Å². The molecule has 0 saturated carbocycles. The summed E-state index contributed by atoms with van der Waals surface area (Å²) in [5.41, 5.74) is 3.73. The smallest absolute Gasteiger partial charge is 0.270 e. The lowest BCUT2D eigenvalue weighted by Gasteiger charge is -2.36. The number of aromatic nitrogens is 5. The van der Waals surface area contributed by atoms with Crippen molar-refractivity contribution in [2.75, 3.05) is 58.4 Å². The minimum atomic E-state index is -0.492. The summed E-state index contributed by atoms with van der Waals surface area (Å²) in [7, 11) is 3.17. The molecule has 1 N–H and O–H groups in total. The van der Waals surface area contributed by atoms with Crippen LogP contribution in [0.1, 0.15) is 28.9 Å². The number of H-pyrrole nitrogens is 1. The third-order valence-corrected chi connectivity index (χ3v) is 9.53. The van der Waals surface area contributed by atoms with Crippen LogP contribution in [0.4, 0.5) is 10.1 Å². The van der Waals surface area contributed by atoms with Gasteiger partial charge >= 0.3 is 0 Å². The highest BCUT2D eigenvalue weighted by atomic mass is 35.5. The Labute approximate surface area is 293 Å². The van der Waals surface area contributed by atoms with Crippen LogP contribution in [0.5, 0.6) is 11.5 Å². The topological polar surface area (TPSA) is 122 Å². The molecule has 2 aliphatic heterocycles. The van der Waals surface area contributed by atoms with Gasteiger partial charge in [0.15, 0.2) is 5.82 Å². The first-order valence-electron chi connectivity index (χ1n) is 16.4. The maximum Gasteiger partial charge on any atom is 0.270 e. The van der Waals surface area contributed by atoms with Crippen molar-refractivity contribution in [2.45, 2.75) is 19.4 Å². The van der Waals surface area contributed by atoms with E-state index in [4.69, 9.17) is 21.1 Å². The highest BCUT2D eigenvalue weighted by Gasteiger charge is 2.28. The van der Waals surface area contributed by atoms with E-state index in [9.17, 15) is 9.59 Å². The monoisotopic (exact) mass is 698 g/mol. The first-order chi connectivity index (χ1) is 24.3. The van der Waals surface area contributed by atoms with Crippen molar-refractivity contribution in [1.29, 1.82) is 0 Å². The largest absolute Gasteiger partial charge is 0.496 e. The van der Waals surface area contributed by atoms with Crippen LogP contribution < -0.4 is 14.4 Å². The van der Waals surface area contributed by atoms with Gasteiger partial charge in [0.05, 0.1) is 38.2 Å². The molecule has 2 aliphatic rings. The Balaban J connectivity index is 1.18. The summed E-state index contributed by atoms with van der Waals surface area (Å²) in [6.45, 7) is 3.29. The molecule has 0 aliphatic carbocycles. The Morgan fingerprint density at radius 3 is 2.52 bits per heavy atom. The zero-order valence-electron chi connectivity index (χ0n) is 27.7. The lowest BCUT2D eigenvalue weighted by molar-refractivity contribution is -0.131. The van der Waals surface area contributed by atoms with Crippen LogP contribution in [0.25, 0.3) is 27.6 Å². The van der Waals surface area contributed by atoms with Crippen LogP contribution in [0.15, 0.2) is 67.3 Å². The first-order valence-corrected chi connectivity index (χ1v) is 16.7. The third kappa shape index (κ3) is 6.48. The van der Waals surface area contributed by atoms with Crippen LogP contribution in [0.3, 0.4) is 0 Å². The number of rotatable bonds is 9. The highest BCUT2D eigenvalue weighted by Crippen LogP contribution is 2.40. The number of benzene rings is 2. The van der Waals surface area contributed by atoms with E-state index in [2.05, 4.69) is 25.2 Å². The number of nitrogens with one attached hydrogen (secondary N) is 1. The number of carbonyl (C=O) groups is 2. The number of hydrogen-bond acceptors (Lipinski definition) is 8. The average molecular weight is 699 g/mol. The summed E-state index contributed by atoms with van der Waals surface area (Å²) < 4.78 is 29.5. The normalized spacial score (nSPS) is 15.0. The van der Waals surface area contributed by atoms with Crippen molar-refractivity contribution in [1.82, 2.24) is 34.8 Å². The second-order valence-electron chi connectivity index (χ2n) is 12.2. The van der Waals surface area contributed by atoms with E-state index in [0.29, 0.717) is 89.9 Å². The molecule has 0 bridgehead atoms. The summed E-state index contributed by atoms with van der Waals surface area (Å²) >= 11 is 6.16. The summed E-state index contributed by atoms with van der Waals surface area (Å²) in [4.78, 5) is 40.2. The van der Waals surface area contributed by atoms with Gasteiger partial charge in [0.25, 0.3) is 5.91 Å². The number of pyridine rings is 1. The fraction of sp³-hybridized carbons (Fsp3) is 0.306. The third-order valence-electron chi connectivity index (χ3n) is 9.30. The maximum absolute atomic E-state index is 16.7. The first kappa shape index (κ1) is 33.1. The van der Waals surface area contributed by atoms with Gasteiger partial charge in [-0.25, -0.2) is 4.39 Å². The molecule has 1 fully saturated rings. The van der Waals surface area contributed by atoms with Crippen LogP contribution in [0, 0.1) is 5.82 Å². The zero-order chi connectivity index (χ0) is 34.8. The molecule has 12 nitrogen and oxygen atoms in total. The van der Waals surface area contributed by atoms with Crippen molar-refractivity contribution in [2.24, 2.45) is 0 Å². The molecule has 2 aromatic carbocycles. The molecular weight excluding hydrogens is 663 g/mol. The highest BCUT2D eigenvalue weighted by molar-refractivity contribution is 6.30. The predicted molar refractivity (Wildman–Crippen MR) is 188 cm³/mol. The predicted octanol–water partition coefficient (Wildman–Crippen LogP) is 5.30. The number of amides is 2. The number of nitrogens with zero attached hydrogens (tertiary/aromatic N) is 7. The number of hydrogen-bond donors (Lipinski definition) is 1. The molecule has 0 atom stereocenters. The minimum absolute atomic E-state index is 0.0518. The fourth-order valence-electron chi connectivity index (χ4n) is 6.70. The number of methoxy groups -OCH3 is 2. The molecule has 1 saturated heterocycles. The molecule has 258 valence electrons. The molecule has 5 aromatic rings. The molecular formula is C36H36ClFN8O4. The number of ether oxygens (including phenoxy) is 2. The van der Waals surface area contributed by atoms with Crippen molar-refractivity contribution >= 4 is 45.6 Å². The van der Waals surface area contributed by atoms with Crippen LogP contribution >= 0.6 is 11.6 Å². The second-order valence-corrected chi connectivity index (χ2v) is 12.6. The number of fused-ring (bicyclic) bond motifs is 1. The Morgan fingerprint density at radius 2 is 1.76 bits per heavy atom. The molecule has 2 amide bonds. The van der Waals surface area contributed by atoms with E-state index >= 15 is 4.39 Å². The minimum Gasteiger partial charge on any atom is -0.496 e. The van der Waals surface area contributed by atoms with Crippen LogP contribution in [0.2, 0.25) is 5.02 Å². The lowest BCUT2D eigenvalue weighted by Crippen LogP contribution is -2.49. The van der Waals surface area contributed by atoms with Gasteiger partial charge in [-0.15, -0.1) is 5.10 Å². The standard InChI is InChI=1S/C36H36ClFN8O4/c1-49-31-7-9-39-21-28(31)26-19-25(23-4-3-11-45(22-23)33(47)8-12-46-13-10-40-42-46)34(38)35-27(26)20-29(41-35)36(48)44-16-14-43(15-17-44)30-6-5-24(37)18-32(30)50-2/h4-7,9-10,13,18-21,41H,3,8,11-12,14-17,22H2,1-2H3. The Morgan fingerprint density at radius 1 is 0.940 bits per heavy atom. The van der Waals surface area contributed by atoms with Crippen molar-refractivity contribution in [3.63, 3.8) is 0 Å². The Bertz CT molecular complexity index is 2070. The fourth-order valence-corrected chi connectivity index (χ4v) is 6.86. The molecule has 0 unspecified atom stereocenters. The van der Waals surface area contributed by atoms with Gasteiger partial charge in [0.2, 0.25) is 5.91 Å². The van der Waals surface area contributed by atoms with Gasteiger partial charge in [-0.3, -0.25) is 19.3 Å². The lowest BCUT2D eigenvalue weighted by atomic mass is 9.93. The molecule has 50 heavy (non-hydrogen) atoms. The molecule has 14 heteroatoms. The number of carbonyl (C=O) groups excluding carboxylic acids is 2. The maximum atomic E-state index is 16.7. The van der Waals surface area contributed by atoms with Crippen LogP contribution in [-0.2, 0) is 11.3 Å². The van der Waals surface area contributed by atoms with Gasteiger partial charge in [-0.05, 0) is 47.9 Å². The summed E-state index contributed by atoms with van der Waals surface area (Å²) in [6, 6.07) is 10.7. The summed E-state index contributed by atoms with van der Waals surface area (Å²) in [5, 5.41) is 8.85. The van der Waals surface area contributed by atoms with E-state index in [1.165, 1.54) is 0 Å². The second kappa shape index (κ2) is 14.2. The molecule has 7 rings (SSSR count). The van der Waals surface area contributed by atoms with Gasteiger partial charge in [-0.2, -0.15) is 0 Å². The van der Waals surface area contributed by atoms with E-state index in [0.717, 1.165) is 5.69 Å². The quantitative estimate of drug-likeness (QED) is 0.220. The number of piperazine rings is 1. The Hall–Kier alpha value is -5.43. The molecule has 3 aromatic heterocycles. The number of aromatic amines is 1. The summed E-state index contributed by atoms with van der Waals surface area (Å²) in [5.74, 6) is 0.460. The zero-order valence-corrected chi connectivity index (χ0v) is 28.5. The van der Waals surface area contributed by atoms with Gasteiger partial charge in [0, 0.05) is 91.9 Å². The van der Waals surface area contributed by atoms with E-state index in [1.54, 1.807) is 77.8 Å². The van der Waals surface area contributed by atoms with E-state index < -0.39 is 5.82 Å². The molecule has 0 spiro atoms. The SMILES string of the molecule is COc1ccncc1-c1cc(C2=CCCN(C(=O)CCn3ccnn3)C2)c(F)c2[nH]c(C(=O)N3CCN(c4ccc(Cl)cc4OC)CC3)cc12. The molecule has 0 radical (unpaired) electrons. The van der Waals surface area contributed by atoms with E-state index in [-0.39, 0.29) is 36.0 Å². The number of halogens is 2. The van der Waals surface area contributed by atoms with E-state index in [1.807, 2.05) is 18.2 Å². The van der Waals surface area contributed by atoms with Gasteiger partial charge in [-0.1, -0.05) is 22.9 Å². The number of aryl methyl sites for hydroxylation is 1. The van der Waals surface area contributed by atoms with Crippen LogP contribution in [-0.4, -0.2) is 100 Å². The average Bonchev–Trinajstić information content (AvgIpc) is 3.85. The van der Waals surface area contributed by atoms with Crippen molar-refractivity contribution in [3.05, 3.63) is 89.4 Å². The van der Waals surface area contributed by atoms with Gasteiger partial charge < -0.3 is 29.2 Å². The number of anilines is 1.